The van der Waals surface area contributed by atoms with Crippen LogP contribution in [0.15, 0.2) is 24.4 Å². The lowest BCUT2D eigenvalue weighted by Crippen LogP contribution is -2.36. The summed E-state index contributed by atoms with van der Waals surface area (Å²) in [5, 5.41) is 14.4. The third-order valence-corrected chi connectivity index (χ3v) is 3.52. The van der Waals surface area contributed by atoms with Crippen LogP contribution in [0.2, 0.25) is 0 Å². The standard InChI is InChI=1S/C14H19N5O/c1-10(16-13(20)9-15-8-11-5-6-11)14-18-17-12-4-2-3-7-19(12)14/h2-4,7,10-11,15H,5-6,8-9H2,1H3,(H,16,20). The van der Waals surface area contributed by atoms with Crippen LogP contribution in [-0.4, -0.2) is 33.6 Å². The second-order valence-corrected chi connectivity index (χ2v) is 5.35. The Morgan fingerprint density at radius 1 is 1.45 bits per heavy atom. The van der Waals surface area contributed by atoms with Gasteiger partial charge in [-0.2, -0.15) is 0 Å². The molecule has 0 saturated heterocycles. The van der Waals surface area contributed by atoms with Gasteiger partial charge in [-0.15, -0.1) is 10.2 Å². The molecule has 20 heavy (non-hydrogen) atoms. The number of fused-ring (bicyclic) bond motifs is 1. The second-order valence-electron chi connectivity index (χ2n) is 5.35. The molecule has 0 spiro atoms. The molecule has 1 aliphatic rings. The molecule has 2 N–H and O–H groups in total. The maximum absolute atomic E-state index is 11.9. The Bertz CT molecular complexity index is 604. The van der Waals surface area contributed by atoms with Crippen molar-refractivity contribution in [3.8, 4) is 0 Å². The van der Waals surface area contributed by atoms with E-state index >= 15 is 0 Å². The van der Waals surface area contributed by atoms with Crippen molar-refractivity contribution in [3.63, 3.8) is 0 Å². The van der Waals surface area contributed by atoms with Crippen LogP contribution in [0.25, 0.3) is 5.65 Å². The zero-order valence-corrected chi connectivity index (χ0v) is 11.5. The highest BCUT2D eigenvalue weighted by molar-refractivity contribution is 5.78. The number of carbonyl (C=O) groups is 1. The van der Waals surface area contributed by atoms with E-state index in [0.717, 1.165) is 23.9 Å². The molecule has 0 radical (unpaired) electrons. The number of amides is 1. The van der Waals surface area contributed by atoms with Gasteiger partial charge in [0.05, 0.1) is 12.6 Å². The smallest absolute Gasteiger partial charge is 0.234 e. The van der Waals surface area contributed by atoms with Crippen LogP contribution in [0, 0.1) is 5.92 Å². The number of rotatable bonds is 6. The number of hydrogen-bond acceptors (Lipinski definition) is 4. The molecule has 106 valence electrons. The average Bonchev–Trinajstić information content (AvgIpc) is 3.16. The number of carbonyl (C=O) groups excluding carboxylic acids is 1. The van der Waals surface area contributed by atoms with Gasteiger partial charge in [-0.05, 0) is 44.4 Å². The highest BCUT2D eigenvalue weighted by Gasteiger charge is 2.21. The molecule has 1 aliphatic carbocycles. The molecule has 2 aromatic rings. The monoisotopic (exact) mass is 273 g/mol. The largest absolute Gasteiger partial charge is 0.345 e. The molecular weight excluding hydrogens is 254 g/mol. The fraction of sp³-hybridized carbons (Fsp3) is 0.500. The Hall–Kier alpha value is -1.95. The van der Waals surface area contributed by atoms with Gasteiger partial charge in [0.15, 0.2) is 11.5 Å². The van der Waals surface area contributed by atoms with Crippen molar-refractivity contribution < 1.29 is 4.79 Å². The first kappa shape index (κ1) is 13.1. The highest BCUT2D eigenvalue weighted by Crippen LogP contribution is 2.27. The summed E-state index contributed by atoms with van der Waals surface area (Å²) in [4.78, 5) is 11.9. The fourth-order valence-corrected chi connectivity index (χ4v) is 2.22. The van der Waals surface area contributed by atoms with Crippen molar-refractivity contribution in [3.05, 3.63) is 30.2 Å². The zero-order chi connectivity index (χ0) is 13.9. The second kappa shape index (κ2) is 5.58. The van der Waals surface area contributed by atoms with Gasteiger partial charge < -0.3 is 10.6 Å². The number of aromatic nitrogens is 3. The molecule has 1 atom stereocenters. The molecule has 0 bridgehead atoms. The summed E-state index contributed by atoms with van der Waals surface area (Å²) in [5.41, 5.74) is 0.787. The van der Waals surface area contributed by atoms with Crippen molar-refractivity contribution in [1.29, 1.82) is 0 Å². The van der Waals surface area contributed by atoms with Gasteiger partial charge >= 0.3 is 0 Å². The summed E-state index contributed by atoms with van der Waals surface area (Å²) in [6.45, 7) is 3.22. The van der Waals surface area contributed by atoms with Gasteiger partial charge in [-0.3, -0.25) is 9.20 Å². The maximum atomic E-state index is 11.9. The van der Waals surface area contributed by atoms with Gasteiger partial charge in [0.2, 0.25) is 5.91 Å². The van der Waals surface area contributed by atoms with Crippen molar-refractivity contribution in [2.75, 3.05) is 13.1 Å². The van der Waals surface area contributed by atoms with E-state index in [4.69, 9.17) is 0 Å². The van der Waals surface area contributed by atoms with Crippen LogP contribution < -0.4 is 10.6 Å². The third kappa shape index (κ3) is 2.96. The first-order chi connectivity index (χ1) is 9.74. The molecule has 1 amide bonds. The van der Waals surface area contributed by atoms with E-state index in [-0.39, 0.29) is 11.9 Å². The topological polar surface area (TPSA) is 71.3 Å². The van der Waals surface area contributed by atoms with Crippen LogP contribution in [0.1, 0.15) is 31.6 Å². The summed E-state index contributed by atoms with van der Waals surface area (Å²) in [6.07, 6.45) is 4.48. The van der Waals surface area contributed by atoms with E-state index in [1.807, 2.05) is 35.7 Å². The minimum absolute atomic E-state index is 0.00849. The first-order valence-electron chi connectivity index (χ1n) is 7.04. The van der Waals surface area contributed by atoms with E-state index in [1.165, 1.54) is 12.8 Å². The number of nitrogens with one attached hydrogen (secondary N) is 2. The SMILES string of the molecule is CC(NC(=O)CNCC1CC1)c1nnc2ccccn12. The minimum atomic E-state index is -0.164. The van der Waals surface area contributed by atoms with Gasteiger partial charge in [-0.1, -0.05) is 6.07 Å². The van der Waals surface area contributed by atoms with Gasteiger partial charge in [0.1, 0.15) is 0 Å². The Morgan fingerprint density at radius 2 is 2.30 bits per heavy atom. The van der Waals surface area contributed by atoms with E-state index < -0.39 is 0 Å². The third-order valence-electron chi connectivity index (χ3n) is 3.52. The predicted molar refractivity (Wildman–Crippen MR) is 75.1 cm³/mol. The molecule has 2 aromatic heterocycles. The molecule has 0 aromatic carbocycles. The minimum Gasteiger partial charge on any atom is -0.345 e. The molecule has 2 heterocycles. The fourth-order valence-electron chi connectivity index (χ4n) is 2.22. The number of pyridine rings is 1. The average molecular weight is 273 g/mol. The van der Waals surface area contributed by atoms with Crippen LogP contribution in [0.5, 0.6) is 0 Å². The van der Waals surface area contributed by atoms with Gasteiger partial charge in [0, 0.05) is 6.20 Å². The van der Waals surface area contributed by atoms with E-state index in [2.05, 4.69) is 20.8 Å². The summed E-state index contributed by atoms with van der Waals surface area (Å²) < 4.78 is 1.89. The molecule has 0 aliphatic heterocycles. The maximum Gasteiger partial charge on any atom is 0.234 e. The Morgan fingerprint density at radius 3 is 3.10 bits per heavy atom. The lowest BCUT2D eigenvalue weighted by Gasteiger charge is -2.12. The molecule has 1 saturated carbocycles. The zero-order valence-electron chi connectivity index (χ0n) is 11.5. The van der Waals surface area contributed by atoms with Crippen LogP contribution in [0.4, 0.5) is 0 Å². The van der Waals surface area contributed by atoms with E-state index in [0.29, 0.717) is 6.54 Å². The Balaban J connectivity index is 1.57. The molecule has 6 nitrogen and oxygen atoms in total. The summed E-state index contributed by atoms with van der Waals surface area (Å²) in [5.74, 6) is 1.52. The summed E-state index contributed by atoms with van der Waals surface area (Å²) in [6, 6.07) is 5.56. The molecule has 3 rings (SSSR count). The summed E-state index contributed by atoms with van der Waals surface area (Å²) in [7, 11) is 0. The molecule has 1 unspecified atom stereocenters. The van der Waals surface area contributed by atoms with Crippen molar-refractivity contribution in [2.45, 2.75) is 25.8 Å². The van der Waals surface area contributed by atoms with Crippen LogP contribution in [0.3, 0.4) is 0 Å². The molecular formula is C14H19N5O. The van der Waals surface area contributed by atoms with Crippen molar-refractivity contribution in [1.82, 2.24) is 25.2 Å². The van der Waals surface area contributed by atoms with Crippen molar-refractivity contribution >= 4 is 11.6 Å². The van der Waals surface area contributed by atoms with Gasteiger partial charge in [0.25, 0.3) is 0 Å². The van der Waals surface area contributed by atoms with Gasteiger partial charge in [-0.25, -0.2) is 0 Å². The predicted octanol–water partition coefficient (Wildman–Crippen LogP) is 0.906. The number of hydrogen-bond donors (Lipinski definition) is 2. The number of nitrogens with zero attached hydrogens (tertiary/aromatic N) is 3. The Labute approximate surface area is 117 Å². The first-order valence-corrected chi connectivity index (χ1v) is 7.04. The normalized spacial score (nSPS) is 16.2. The van der Waals surface area contributed by atoms with Crippen LogP contribution in [-0.2, 0) is 4.79 Å². The van der Waals surface area contributed by atoms with E-state index in [1.54, 1.807) is 0 Å². The molecule has 1 fully saturated rings. The lowest BCUT2D eigenvalue weighted by molar-refractivity contribution is -0.120. The Kier molecular flexibility index (Phi) is 3.64. The van der Waals surface area contributed by atoms with E-state index in [9.17, 15) is 4.79 Å². The quantitative estimate of drug-likeness (QED) is 0.820. The highest BCUT2D eigenvalue weighted by atomic mass is 16.2. The molecule has 6 heteroatoms. The summed E-state index contributed by atoms with van der Waals surface area (Å²) >= 11 is 0. The van der Waals surface area contributed by atoms with Crippen LogP contribution >= 0.6 is 0 Å². The van der Waals surface area contributed by atoms with Crippen molar-refractivity contribution in [2.24, 2.45) is 5.92 Å². The lowest BCUT2D eigenvalue weighted by atomic mass is 10.3.